The number of benzene rings is 1. The molecule has 0 unspecified atom stereocenters. The predicted molar refractivity (Wildman–Crippen MR) is 80.4 cm³/mol. The first-order chi connectivity index (χ1) is 9.10. The normalized spacial score (nSPS) is 12.0. The van der Waals surface area contributed by atoms with Crippen molar-refractivity contribution in [3.8, 4) is 0 Å². The van der Waals surface area contributed by atoms with Crippen molar-refractivity contribution in [3.63, 3.8) is 0 Å². The predicted octanol–water partition coefficient (Wildman–Crippen LogP) is 2.75. The molecule has 0 heterocycles. The van der Waals surface area contributed by atoms with E-state index in [0.717, 1.165) is 0 Å². The van der Waals surface area contributed by atoms with Crippen LogP contribution in [0.5, 0.6) is 0 Å². The molecule has 7 heteroatoms. The van der Waals surface area contributed by atoms with Gasteiger partial charge in [-0.25, -0.2) is 13.2 Å². The number of nitrogens with one attached hydrogen (secondary N) is 1. The Morgan fingerprint density at radius 2 is 2.00 bits per heavy atom. The van der Waals surface area contributed by atoms with Crippen molar-refractivity contribution in [1.29, 1.82) is 0 Å². The minimum atomic E-state index is -3.42. The first-order valence-electron chi connectivity index (χ1n) is 6.05. The van der Waals surface area contributed by atoms with Crippen LogP contribution < -0.4 is 5.32 Å². The fourth-order valence-electron chi connectivity index (χ4n) is 1.38. The average Bonchev–Trinajstić information content (AvgIpc) is 2.26. The largest absolute Gasteiger partial charge is 0.444 e. The molecule has 1 aromatic rings. The number of hydrogen-bond donors (Lipinski definition) is 1. The van der Waals surface area contributed by atoms with Gasteiger partial charge in [0.15, 0.2) is 9.84 Å². The van der Waals surface area contributed by atoms with Gasteiger partial charge in [-0.15, -0.1) is 0 Å². The van der Waals surface area contributed by atoms with Gasteiger partial charge in [0, 0.05) is 11.0 Å². The van der Waals surface area contributed by atoms with Crippen LogP contribution in [0.3, 0.4) is 0 Å². The summed E-state index contributed by atoms with van der Waals surface area (Å²) in [5.41, 5.74) is -0.604. The minimum Gasteiger partial charge on any atom is -0.444 e. The van der Waals surface area contributed by atoms with Crippen molar-refractivity contribution in [3.05, 3.63) is 28.7 Å². The first kappa shape index (κ1) is 17.0. The monoisotopic (exact) mass is 363 g/mol. The van der Waals surface area contributed by atoms with Crippen molar-refractivity contribution in [1.82, 2.24) is 5.32 Å². The number of carbonyl (C=O) groups excluding carboxylic acids is 1. The van der Waals surface area contributed by atoms with Gasteiger partial charge in [-0.3, -0.25) is 0 Å². The summed E-state index contributed by atoms with van der Waals surface area (Å²) in [6.07, 6.45) is -0.623. The smallest absolute Gasteiger partial charge is 0.407 e. The molecule has 0 saturated heterocycles. The highest BCUT2D eigenvalue weighted by Gasteiger charge is 2.18. The second-order valence-corrected chi connectivity index (χ2v) is 8.23. The van der Waals surface area contributed by atoms with E-state index in [9.17, 15) is 13.2 Å². The van der Waals surface area contributed by atoms with Gasteiger partial charge in [0.05, 0.1) is 10.6 Å². The van der Waals surface area contributed by atoms with E-state index >= 15 is 0 Å². The maximum atomic E-state index is 12.0. The molecule has 0 fully saturated rings. The molecule has 0 spiro atoms. The summed E-state index contributed by atoms with van der Waals surface area (Å²) in [5, 5.41) is 2.43. The maximum absolute atomic E-state index is 12.0. The number of alkyl carbamates (subject to hydrolysis) is 1. The average molecular weight is 364 g/mol. The lowest BCUT2D eigenvalue weighted by Crippen LogP contribution is -2.35. The summed E-state index contributed by atoms with van der Waals surface area (Å²) in [7, 11) is -3.42. The van der Waals surface area contributed by atoms with Crippen LogP contribution in [0.4, 0.5) is 4.79 Å². The van der Waals surface area contributed by atoms with E-state index in [1.165, 1.54) is 12.1 Å². The lowest BCUT2D eigenvalue weighted by molar-refractivity contribution is 0.0531. The summed E-state index contributed by atoms with van der Waals surface area (Å²) >= 11 is 3.22. The Kier molecular flexibility index (Phi) is 5.59. The first-order valence-corrected chi connectivity index (χ1v) is 8.50. The van der Waals surface area contributed by atoms with Crippen LogP contribution in [0, 0.1) is 0 Å². The molecule has 20 heavy (non-hydrogen) atoms. The number of carbonyl (C=O) groups is 1. The molecule has 1 rings (SSSR count). The van der Waals surface area contributed by atoms with E-state index in [2.05, 4.69) is 21.2 Å². The maximum Gasteiger partial charge on any atom is 0.407 e. The van der Waals surface area contributed by atoms with Gasteiger partial charge < -0.3 is 10.1 Å². The zero-order valence-corrected chi connectivity index (χ0v) is 14.0. The molecule has 112 valence electrons. The summed E-state index contributed by atoms with van der Waals surface area (Å²) in [6, 6.07) is 6.45. The fourth-order valence-corrected chi connectivity index (χ4v) is 3.13. The molecule has 0 radical (unpaired) electrons. The Labute approximate surface area is 127 Å². The van der Waals surface area contributed by atoms with Crippen LogP contribution in [0.2, 0.25) is 0 Å². The lowest BCUT2D eigenvalue weighted by Gasteiger charge is -2.19. The zero-order valence-electron chi connectivity index (χ0n) is 11.6. The number of hydrogen-bond acceptors (Lipinski definition) is 4. The molecular formula is C13H18BrNO4S. The molecule has 0 saturated carbocycles. The number of sulfone groups is 1. The Hall–Kier alpha value is -1.08. The van der Waals surface area contributed by atoms with E-state index < -0.39 is 21.5 Å². The van der Waals surface area contributed by atoms with E-state index in [0.29, 0.717) is 4.47 Å². The lowest BCUT2D eigenvalue weighted by atomic mass is 10.2. The molecule has 5 nitrogen and oxygen atoms in total. The summed E-state index contributed by atoms with van der Waals surface area (Å²) in [5.74, 6) is -0.178. The summed E-state index contributed by atoms with van der Waals surface area (Å²) in [4.78, 5) is 11.6. The summed E-state index contributed by atoms with van der Waals surface area (Å²) in [6.45, 7) is 5.23. The molecule has 0 aromatic heterocycles. The molecule has 1 amide bonds. The number of halogens is 1. The van der Waals surface area contributed by atoms with Crippen LogP contribution >= 0.6 is 15.9 Å². The standard InChI is InChI=1S/C13H18BrNO4S/c1-13(2,3)19-12(16)15-7-8-20(17,18)11-6-4-5-10(14)9-11/h4-6,9H,7-8H2,1-3H3,(H,15,16). The summed E-state index contributed by atoms with van der Waals surface area (Å²) < 4.78 is 29.8. The molecule has 0 aliphatic rings. The fraction of sp³-hybridized carbons (Fsp3) is 0.462. The SMILES string of the molecule is CC(C)(C)OC(=O)NCCS(=O)(=O)c1cccc(Br)c1. The van der Waals surface area contributed by atoms with Gasteiger partial charge in [0.2, 0.25) is 0 Å². The van der Waals surface area contributed by atoms with E-state index in [1.807, 2.05) is 0 Å². The highest BCUT2D eigenvalue weighted by atomic mass is 79.9. The Balaban J connectivity index is 2.55. The van der Waals surface area contributed by atoms with Crippen molar-refractivity contribution in [2.75, 3.05) is 12.3 Å². The number of amides is 1. The van der Waals surface area contributed by atoms with Crippen LogP contribution in [0.1, 0.15) is 20.8 Å². The number of rotatable bonds is 4. The second kappa shape index (κ2) is 6.58. The van der Waals surface area contributed by atoms with Gasteiger partial charge in [-0.1, -0.05) is 22.0 Å². The van der Waals surface area contributed by atoms with Gasteiger partial charge in [-0.05, 0) is 39.0 Å². The highest BCUT2D eigenvalue weighted by molar-refractivity contribution is 9.10. The quantitative estimate of drug-likeness (QED) is 0.892. The van der Waals surface area contributed by atoms with Gasteiger partial charge in [0.1, 0.15) is 5.60 Å². The third kappa shape index (κ3) is 5.92. The molecular weight excluding hydrogens is 346 g/mol. The molecule has 0 bridgehead atoms. The topological polar surface area (TPSA) is 72.5 Å². The molecule has 1 aromatic carbocycles. The van der Waals surface area contributed by atoms with Crippen molar-refractivity contribution in [2.24, 2.45) is 0 Å². The van der Waals surface area contributed by atoms with Crippen LogP contribution in [-0.4, -0.2) is 32.4 Å². The van der Waals surface area contributed by atoms with E-state index in [4.69, 9.17) is 4.74 Å². The third-order valence-corrected chi connectivity index (χ3v) is 4.40. The van der Waals surface area contributed by atoms with Crippen LogP contribution in [-0.2, 0) is 14.6 Å². The molecule has 1 N–H and O–H groups in total. The minimum absolute atomic E-state index is 0.00373. The van der Waals surface area contributed by atoms with Gasteiger partial charge in [0.25, 0.3) is 0 Å². The Bertz CT molecular complexity index is 578. The molecule has 0 atom stereocenters. The number of ether oxygens (including phenoxy) is 1. The molecule has 0 aliphatic carbocycles. The van der Waals surface area contributed by atoms with Gasteiger partial charge >= 0.3 is 6.09 Å². The third-order valence-electron chi connectivity index (χ3n) is 2.19. The second-order valence-electron chi connectivity index (χ2n) is 5.20. The van der Waals surface area contributed by atoms with Crippen molar-refractivity contribution < 1.29 is 17.9 Å². The Morgan fingerprint density at radius 3 is 2.55 bits per heavy atom. The molecule has 0 aliphatic heterocycles. The van der Waals surface area contributed by atoms with E-state index in [-0.39, 0.29) is 17.2 Å². The highest BCUT2D eigenvalue weighted by Crippen LogP contribution is 2.17. The van der Waals surface area contributed by atoms with E-state index in [1.54, 1.807) is 32.9 Å². The van der Waals surface area contributed by atoms with Crippen molar-refractivity contribution >= 4 is 31.9 Å². The Morgan fingerprint density at radius 1 is 1.35 bits per heavy atom. The van der Waals surface area contributed by atoms with Crippen molar-refractivity contribution in [2.45, 2.75) is 31.3 Å². The van der Waals surface area contributed by atoms with Crippen LogP contribution in [0.25, 0.3) is 0 Å². The zero-order chi connectivity index (χ0) is 15.4. The van der Waals surface area contributed by atoms with Gasteiger partial charge in [-0.2, -0.15) is 0 Å². The van der Waals surface area contributed by atoms with Crippen LogP contribution in [0.15, 0.2) is 33.6 Å².